The molecule has 2 N–H and O–H groups in total. The third kappa shape index (κ3) is 7.11. The molecule has 3 heterocycles. The summed E-state index contributed by atoms with van der Waals surface area (Å²) in [5, 5.41) is 5.73. The van der Waals surface area contributed by atoms with Gasteiger partial charge < -0.3 is 25.0 Å². The molecule has 0 aliphatic carbocycles. The van der Waals surface area contributed by atoms with Crippen molar-refractivity contribution in [2.24, 2.45) is 0 Å². The largest absolute Gasteiger partial charge is 0.494 e. The molecule has 0 bridgehead atoms. The number of sulfonamides is 1. The molecule has 0 unspecified atom stereocenters. The molecule has 15 heteroatoms. The molecule has 2 aliphatic heterocycles. The van der Waals surface area contributed by atoms with Crippen molar-refractivity contribution in [1.82, 2.24) is 14.9 Å². The first-order valence-corrected chi connectivity index (χ1v) is 15.9. The van der Waals surface area contributed by atoms with Gasteiger partial charge >= 0.3 is 6.18 Å². The smallest absolute Gasteiger partial charge is 0.421 e. The minimum absolute atomic E-state index is 0.0692. The zero-order valence-corrected chi connectivity index (χ0v) is 25.8. The minimum Gasteiger partial charge on any atom is -0.494 e. The number of methoxy groups -OCH3 is 1. The van der Waals surface area contributed by atoms with E-state index in [1.807, 2.05) is 12.1 Å². The van der Waals surface area contributed by atoms with Crippen molar-refractivity contribution < 1.29 is 31.1 Å². The Hall–Kier alpha value is -3.82. The molecule has 0 saturated carbocycles. The number of nitrogens with zero attached hydrogens (tertiary/aromatic N) is 5. The maximum absolute atomic E-state index is 13.9. The number of hydrogen-bond acceptors (Lipinski definition) is 10. The van der Waals surface area contributed by atoms with Crippen LogP contribution in [0, 0.1) is 6.92 Å². The Kier molecular flexibility index (Phi) is 9.09. The maximum atomic E-state index is 13.9. The lowest BCUT2D eigenvalue weighted by molar-refractivity contribution is -0.137. The fourth-order valence-electron chi connectivity index (χ4n) is 5.14. The Bertz CT molecular complexity index is 1590. The van der Waals surface area contributed by atoms with Crippen molar-refractivity contribution in [3.05, 3.63) is 59.3 Å². The molecule has 2 fully saturated rings. The van der Waals surface area contributed by atoms with Crippen molar-refractivity contribution >= 4 is 38.9 Å². The lowest BCUT2D eigenvalue weighted by Gasteiger charge is -2.43. The van der Waals surface area contributed by atoms with Crippen LogP contribution < -0.4 is 24.6 Å². The third-order valence-electron chi connectivity index (χ3n) is 7.87. The Morgan fingerprint density at radius 1 is 1.11 bits per heavy atom. The van der Waals surface area contributed by atoms with E-state index in [0.717, 1.165) is 61.2 Å². The second-order valence-corrected chi connectivity index (χ2v) is 12.9. The highest BCUT2D eigenvalue weighted by atomic mass is 32.2. The van der Waals surface area contributed by atoms with Crippen LogP contribution in [0.3, 0.4) is 0 Å². The minimum atomic E-state index is -4.73. The van der Waals surface area contributed by atoms with Crippen LogP contribution in [0.25, 0.3) is 0 Å². The van der Waals surface area contributed by atoms with Gasteiger partial charge in [-0.15, -0.1) is 0 Å². The normalized spacial score (nSPS) is 16.4. The molecule has 0 atom stereocenters. The van der Waals surface area contributed by atoms with Gasteiger partial charge in [-0.3, -0.25) is 9.21 Å². The van der Waals surface area contributed by atoms with E-state index >= 15 is 0 Å². The average Bonchev–Trinajstić information content (AvgIpc) is 2.95. The monoisotopic (exact) mass is 635 g/mol. The molecule has 0 amide bonds. The SMILES string of the molecule is COc1cc(N2CCN(C3COC3)CC2)ccc1Nc1ncc(C(F)(F)F)c(NCc2ccc(C)cc2N(C)S(C)(=O)=O)n1. The second-order valence-electron chi connectivity index (χ2n) is 10.9. The summed E-state index contributed by atoms with van der Waals surface area (Å²) in [6.07, 6.45) is -2.96. The number of rotatable bonds is 10. The summed E-state index contributed by atoms with van der Waals surface area (Å²) < 4.78 is 78.2. The fourth-order valence-corrected chi connectivity index (χ4v) is 5.67. The number of hydrogen-bond donors (Lipinski definition) is 2. The standard InChI is InChI=1S/C29H36F3N7O4S/c1-19-5-6-20(25(13-19)37(2)44(4,40)41)15-33-27-23(29(30,31)32)16-34-28(36-27)35-24-8-7-21(14-26(24)42-3)38-9-11-39(12-10-38)22-17-43-18-22/h5-8,13-14,16,22H,9-12,15,17-18H2,1-4H3,(H2,33,34,35,36). The number of nitrogens with one attached hydrogen (secondary N) is 2. The molecule has 238 valence electrons. The molecule has 0 radical (unpaired) electrons. The number of halogens is 3. The number of alkyl halides is 3. The molecular weight excluding hydrogens is 599 g/mol. The molecule has 44 heavy (non-hydrogen) atoms. The highest BCUT2D eigenvalue weighted by Gasteiger charge is 2.35. The zero-order chi connectivity index (χ0) is 31.6. The number of aromatic nitrogens is 2. The van der Waals surface area contributed by atoms with Crippen LogP contribution in [0.1, 0.15) is 16.7 Å². The van der Waals surface area contributed by atoms with E-state index in [4.69, 9.17) is 9.47 Å². The van der Waals surface area contributed by atoms with Crippen molar-refractivity contribution in [2.45, 2.75) is 25.7 Å². The Labute approximate surface area is 255 Å². The molecule has 5 rings (SSSR count). The van der Waals surface area contributed by atoms with Crippen LogP contribution in [0.15, 0.2) is 42.6 Å². The van der Waals surface area contributed by atoms with E-state index in [1.165, 1.54) is 14.2 Å². The summed E-state index contributed by atoms with van der Waals surface area (Å²) in [6.45, 7) is 6.82. The third-order valence-corrected chi connectivity index (χ3v) is 9.06. The van der Waals surface area contributed by atoms with Gasteiger partial charge in [0.25, 0.3) is 0 Å². The Morgan fingerprint density at radius 3 is 2.45 bits per heavy atom. The average molecular weight is 636 g/mol. The summed E-state index contributed by atoms with van der Waals surface area (Å²) in [5.41, 5.74) is 2.04. The van der Waals surface area contributed by atoms with E-state index in [-0.39, 0.29) is 12.5 Å². The molecule has 1 aromatic heterocycles. The van der Waals surface area contributed by atoms with Crippen molar-refractivity contribution in [2.75, 3.05) is 79.6 Å². The van der Waals surface area contributed by atoms with Crippen LogP contribution in [0.4, 0.5) is 42.0 Å². The molecule has 2 saturated heterocycles. The number of anilines is 5. The first-order chi connectivity index (χ1) is 20.8. The molecule has 2 aliphatic rings. The van der Waals surface area contributed by atoms with Crippen LogP contribution in [0.5, 0.6) is 5.75 Å². The topological polar surface area (TPSA) is 112 Å². The van der Waals surface area contributed by atoms with E-state index in [2.05, 4.69) is 30.4 Å². The van der Waals surface area contributed by atoms with Gasteiger partial charge in [0.05, 0.1) is 44.0 Å². The fraction of sp³-hybridized carbons (Fsp3) is 0.448. The van der Waals surface area contributed by atoms with E-state index in [9.17, 15) is 21.6 Å². The second kappa shape index (κ2) is 12.7. The van der Waals surface area contributed by atoms with Crippen LogP contribution >= 0.6 is 0 Å². The highest BCUT2D eigenvalue weighted by Crippen LogP contribution is 2.36. The van der Waals surface area contributed by atoms with E-state index in [1.54, 1.807) is 31.2 Å². The Balaban J connectivity index is 1.35. The summed E-state index contributed by atoms with van der Waals surface area (Å²) in [5.74, 6) is -0.0300. The predicted molar refractivity (Wildman–Crippen MR) is 163 cm³/mol. The number of ether oxygens (including phenoxy) is 2. The predicted octanol–water partition coefficient (Wildman–Crippen LogP) is 4.08. The van der Waals surface area contributed by atoms with Crippen molar-refractivity contribution in [3.63, 3.8) is 0 Å². The highest BCUT2D eigenvalue weighted by molar-refractivity contribution is 7.92. The Morgan fingerprint density at radius 2 is 1.84 bits per heavy atom. The lowest BCUT2D eigenvalue weighted by atomic mass is 10.1. The number of benzene rings is 2. The van der Waals surface area contributed by atoms with Crippen molar-refractivity contribution in [1.29, 1.82) is 0 Å². The first kappa shape index (κ1) is 31.6. The number of aryl methyl sites for hydroxylation is 1. The van der Waals surface area contributed by atoms with Gasteiger partial charge in [-0.1, -0.05) is 12.1 Å². The summed E-state index contributed by atoms with van der Waals surface area (Å²) in [6, 6.07) is 11.2. The van der Waals surface area contributed by atoms with Crippen LogP contribution in [-0.2, 0) is 27.5 Å². The first-order valence-electron chi connectivity index (χ1n) is 14.1. The molecule has 3 aromatic rings. The van der Waals surface area contributed by atoms with Crippen LogP contribution in [-0.4, -0.2) is 89.1 Å². The van der Waals surface area contributed by atoms with E-state index in [0.29, 0.717) is 34.9 Å². The van der Waals surface area contributed by atoms with Gasteiger partial charge in [0.15, 0.2) is 0 Å². The molecule has 11 nitrogen and oxygen atoms in total. The van der Waals surface area contributed by atoms with Gasteiger partial charge in [-0.2, -0.15) is 18.2 Å². The maximum Gasteiger partial charge on any atom is 0.421 e. The van der Waals surface area contributed by atoms with Gasteiger partial charge in [-0.25, -0.2) is 13.4 Å². The summed E-state index contributed by atoms with van der Waals surface area (Å²) in [7, 11) is -0.691. The zero-order valence-electron chi connectivity index (χ0n) is 25.0. The van der Waals surface area contributed by atoms with Gasteiger partial charge in [0, 0.05) is 57.7 Å². The molecular formula is C29H36F3N7O4S. The summed E-state index contributed by atoms with van der Waals surface area (Å²) >= 11 is 0. The quantitative estimate of drug-likeness (QED) is 0.338. The van der Waals surface area contributed by atoms with Gasteiger partial charge in [0.1, 0.15) is 17.1 Å². The van der Waals surface area contributed by atoms with Crippen molar-refractivity contribution in [3.8, 4) is 5.75 Å². The van der Waals surface area contributed by atoms with Gasteiger partial charge in [0.2, 0.25) is 16.0 Å². The van der Waals surface area contributed by atoms with Crippen LogP contribution in [0.2, 0.25) is 0 Å². The number of piperazine rings is 1. The lowest BCUT2D eigenvalue weighted by Crippen LogP contribution is -2.56. The molecule has 0 spiro atoms. The van der Waals surface area contributed by atoms with Gasteiger partial charge in [-0.05, 0) is 36.2 Å². The van der Waals surface area contributed by atoms with E-state index < -0.39 is 27.6 Å². The molecule has 2 aromatic carbocycles. The summed E-state index contributed by atoms with van der Waals surface area (Å²) in [4.78, 5) is 12.8.